The average molecular weight is 505 g/mol. The summed E-state index contributed by atoms with van der Waals surface area (Å²) in [6.45, 7) is 3.32. The number of rotatable bonds is 9. The zero-order valence-electron chi connectivity index (χ0n) is 17.7. The predicted octanol–water partition coefficient (Wildman–Crippen LogP) is 5.13. The fourth-order valence-corrected chi connectivity index (χ4v) is 3.41. The van der Waals surface area contributed by atoms with E-state index in [0.717, 1.165) is 0 Å². The standard InChI is InChI=1S/C23H25BrN2O6/c1-14(5-3-4-6-21(29)26-31)22(19-13-17(24)9-12-20(19)28)32-23(30)25-18-10-7-16(8-11-18)15(2)27/h4,6-14,22,28,31H,3,5H2,1-2H3,(H,25,30)(H,26,29)/b6-4+/t14-,22-/m1/s1. The van der Waals surface area contributed by atoms with Crippen LogP contribution < -0.4 is 10.8 Å². The Bertz CT molecular complexity index is 990. The molecule has 0 aliphatic carbocycles. The second kappa shape index (κ2) is 12.0. The molecule has 8 nitrogen and oxygen atoms in total. The van der Waals surface area contributed by atoms with Gasteiger partial charge in [-0.15, -0.1) is 0 Å². The van der Waals surface area contributed by atoms with Gasteiger partial charge in [-0.3, -0.25) is 20.1 Å². The number of aromatic hydroxyl groups is 1. The number of phenols is 1. The minimum atomic E-state index is -0.774. The fraction of sp³-hybridized carbons (Fsp3) is 0.261. The summed E-state index contributed by atoms with van der Waals surface area (Å²) in [4.78, 5) is 35.1. The monoisotopic (exact) mass is 504 g/mol. The van der Waals surface area contributed by atoms with Gasteiger partial charge in [-0.25, -0.2) is 10.3 Å². The van der Waals surface area contributed by atoms with Crippen LogP contribution >= 0.6 is 15.9 Å². The zero-order valence-corrected chi connectivity index (χ0v) is 19.3. The molecular weight excluding hydrogens is 480 g/mol. The number of nitrogens with one attached hydrogen (secondary N) is 2. The molecule has 0 spiro atoms. The Morgan fingerprint density at radius 1 is 1.16 bits per heavy atom. The number of phenolic OH excluding ortho intramolecular Hbond substituents is 1. The third kappa shape index (κ3) is 7.51. The maximum Gasteiger partial charge on any atom is 0.412 e. The summed E-state index contributed by atoms with van der Waals surface area (Å²) in [6.07, 6.45) is 2.33. The Labute approximate surface area is 194 Å². The van der Waals surface area contributed by atoms with E-state index in [2.05, 4.69) is 21.2 Å². The maximum absolute atomic E-state index is 12.6. The molecule has 0 aliphatic heterocycles. The minimum absolute atomic E-state index is 0.0149. The van der Waals surface area contributed by atoms with Crippen molar-refractivity contribution in [3.05, 3.63) is 70.2 Å². The van der Waals surface area contributed by atoms with Crippen molar-refractivity contribution >= 4 is 39.4 Å². The van der Waals surface area contributed by atoms with Gasteiger partial charge in [0.25, 0.3) is 5.91 Å². The van der Waals surface area contributed by atoms with Gasteiger partial charge in [-0.2, -0.15) is 0 Å². The Morgan fingerprint density at radius 2 is 1.84 bits per heavy atom. The lowest BCUT2D eigenvalue weighted by atomic mass is 9.92. The smallest absolute Gasteiger partial charge is 0.412 e. The molecule has 0 bridgehead atoms. The van der Waals surface area contributed by atoms with Gasteiger partial charge in [0.05, 0.1) is 0 Å². The number of benzene rings is 2. The first-order valence-corrected chi connectivity index (χ1v) is 10.7. The van der Waals surface area contributed by atoms with Gasteiger partial charge in [0.1, 0.15) is 11.9 Å². The molecule has 2 amide bonds. The van der Waals surface area contributed by atoms with E-state index in [-0.39, 0.29) is 17.5 Å². The fourth-order valence-electron chi connectivity index (χ4n) is 3.03. The number of ketones is 1. The van der Waals surface area contributed by atoms with Crippen molar-refractivity contribution in [1.82, 2.24) is 5.48 Å². The number of allylic oxidation sites excluding steroid dienone is 1. The number of Topliss-reactive ketones (excluding diaryl/α,β-unsaturated/α-hetero) is 1. The molecule has 2 aromatic rings. The van der Waals surface area contributed by atoms with E-state index in [4.69, 9.17) is 9.94 Å². The molecule has 0 saturated carbocycles. The highest BCUT2D eigenvalue weighted by molar-refractivity contribution is 9.10. The average Bonchev–Trinajstić information content (AvgIpc) is 2.76. The van der Waals surface area contributed by atoms with E-state index >= 15 is 0 Å². The SMILES string of the molecule is CC(=O)c1ccc(NC(=O)O[C@@H](c2cc(Br)ccc2O)[C@H](C)CC/C=C/C(=O)NO)cc1. The lowest BCUT2D eigenvalue weighted by Gasteiger charge is -2.25. The summed E-state index contributed by atoms with van der Waals surface area (Å²) in [5.41, 5.74) is 2.94. The van der Waals surface area contributed by atoms with Gasteiger partial charge in [0.15, 0.2) is 5.78 Å². The Hall–Kier alpha value is -3.17. The van der Waals surface area contributed by atoms with E-state index < -0.39 is 18.1 Å². The molecule has 170 valence electrons. The highest BCUT2D eigenvalue weighted by atomic mass is 79.9. The number of ether oxygens (including phenoxy) is 1. The van der Waals surface area contributed by atoms with Gasteiger partial charge < -0.3 is 9.84 Å². The molecular formula is C23H25BrN2O6. The second-order valence-corrected chi connectivity index (χ2v) is 8.14. The molecule has 2 rings (SSSR count). The van der Waals surface area contributed by atoms with E-state index in [9.17, 15) is 19.5 Å². The molecule has 2 atom stereocenters. The minimum Gasteiger partial charge on any atom is -0.508 e. The first-order chi connectivity index (χ1) is 15.2. The normalized spacial score (nSPS) is 12.8. The Balaban J connectivity index is 2.15. The van der Waals surface area contributed by atoms with Crippen molar-refractivity contribution in [2.45, 2.75) is 32.8 Å². The molecule has 0 heterocycles. The number of halogens is 1. The zero-order chi connectivity index (χ0) is 23.7. The van der Waals surface area contributed by atoms with Crippen molar-refractivity contribution in [1.29, 1.82) is 0 Å². The summed E-state index contributed by atoms with van der Waals surface area (Å²) in [5.74, 6) is -0.948. The summed E-state index contributed by atoms with van der Waals surface area (Å²) in [6, 6.07) is 11.3. The summed E-state index contributed by atoms with van der Waals surface area (Å²) in [5, 5.41) is 21.5. The molecule has 4 N–H and O–H groups in total. The van der Waals surface area contributed by atoms with E-state index in [1.165, 1.54) is 24.5 Å². The number of anilines is 1. The van der Waals surface area contributed by atoms with E-state index in [1.807, 2.05) is 6.92 Å². The van der Waals surface area contributed by atoms with Crippen LogP contribution in [-0.2, 0) is 9.53 Å². The molecule has 0 saturated heterocycles. The van der Waals surface area contributed by atoms with Crippen molar-refractivity contribution in [2.75, 3.05) is 5.32 Å². The van der Waals surface area contributed by atoms with Crippen LogP contribution in [0.1, 0.15) is 48.7 Å². The maximum atomic E-state index is 12.6. The summed E-state index contributed by atoms with van der Waals surface area (Å²) >= 11 is 3.37. The largest absolute Gasteiger partial charge is 0.508 e. The lowest BCUT2D eigenvalue weighted by Crippen LogP contribution is -2.22. The van der Waals surface area contributed by atoms with E-state index in [0.29, 0.717) is 34.1 Å². The van der Waals surface area contributed by atoms with Crippen molar-refractivity contribution in [3.63, 3.8) is 0 Å². The third-order valence-electron chi connectivity index (χ3n) is 4.75. The number of hydroxylamine groups is 1. The topological polar surface area (TPSA) is 125 Å². The molecule has 0 fully saturated rings. The first kappa shape index (κ1) is 25.1. The third-order valence-corrected chi connectivity index (χ3v) is 5.25. The van der Waals surface area contributed by atoms with Crippen LogP contribution in [0.4, 0.5) is 10.5 Å². The predicted molar refractivity (Wildman–Crippen MR) is 123 cm³/mol. The quantitative estimate of drug-likeness (QED) is 0.162. The summed E-state index contributed by atoms with van der Waals surface area (Å²) < 4.78 is 6.39. The number of carbonyl (C=O) groups is 3. The first-order valence-electron chi connectivity index (χ1n) is 9.89. The van der Waals surface area contributed by atoms with Crippen LogP contribution in [0.25, 0.3) is 0 Å². The molecule has 2 aromatic carbocycles. The van der Waals surface area contributed by atoms with Crippen molar-refractivity contribution in [2.24, 2.45) is 5.92 Å². The lowest BCUT2D eigenvalue weighted by molar-refractivity contribution is -0.124. The van der Waals surface area contributed by atoms with Crippen LogP contribution in [-0.4, -0.2) is 28.1 Å². The van der Waals surface area contributed by atoms with Gasteiger partial charge in [0, 0.05) is 27.4 Å². The van der Waals surface area contributed by atoms with Gasteiger partial charge in [0.2, 0.25) is 0 Å². The molecule has 0 unspecified atom stereocenters. The number of amides is 2. The van der Waals surface area contributed by atoms with Crippen molar-refractivity contribution < 1.29 is 29.4 Å². The number of hydrogen-bond donors (Lipinski definition) is 4. The van der Waals surface area contributed by atoms with Crippen LogP contribution in [0.15, 0.2) is 59.1 Å². The van der Waals surface area contributed by atoms with Crippen LogP contribution in [0.3, 0.4) is 0 Å². The van der Waals surface area contributed by atoms with Gasteiger partial charge in [-0.1, -0.05) is 28.9 Å². The Kier molecular flexibility index (Phi) is 9.42. The Morgan fingerprint density at radius 3 is 2.47 bits per heavy atom. The molecule has 0 radical (unpaired) electrons. The van der Waals surface area contributed by atoms with Gasteiger partial charge in [-0.05, 0) is 68.1 Å². The van der Waals surface area contributed by atoms with Crippen LogP contribution in [0, 0.1) is 5.92 Å². The summed E-state index contributed by atoms with van der Waals surface area (Å²) in [7, 11) is 0. The van der Waals surface area contributed by atoms with E-state index in [1.54, 1.807) is 42.5 Å². The van der Waals surface area contributed by atoms with Gasteiger partial charge >= 0.3 is 6.09 Å². The molecule has 32 heavy (non-hydrogen) atoms. The highest BCUT2D eigenvalue weighted by Gasteiger charge is 2.26. The van der Waals surface area contributed by atoms with Crippen molar-refractivity contribution in [3.8, 4) is 5.75 Å². The molecule has 0 aliphatic rings. The van der Waals surface area contributed by atoms with Crippen LogP contribution in [0.5, 0.6) is 5.75 Å². The molecule has 0 aromatic heterocycles. The number of carbonyl (C=O) groups excluding carboxylic acids is 3. The molecule has 9 heteroatoms. The number of hydrogen-bond acceptors (Lipinski definition) is 6. The second-order valence-electron chi connectivity index (χ2n) is 7.22. The highest BCUT2D eigenvalue weighted by Crippen LogP contribution is 2.36. The van der Waals surface area contributed by atoms with Crippen LogP contribution in [0.2, 0.25) is 0 Å².